The number of nitrogens with one attached hydrogen (secondary N) is 1. The molecule has 0 amide bonds. The quantitative estimate of drug-likeness (QED) is 0.0999. The van der Waals surface area contributed by atoms with Crippen LogP contribution in [0.4, 0.5) is 0 Å². The first-order chi connectivity index (χ1) is 13.8. The van der Waals surface area contributed by atoms with Crippen molar-refractivity contribution in [1.29, 1.82) is 0 Å². The van der Waals surface area contributed by atoms with Crippen LogP contribution in [0.5, 0.6) is 0 Å². The molecule has 4 heteroatoms. The Hall–Kier alpha value is 1.24. The predicted octanol–water partition coefficient (Wildman–Crippen LogP) is 8.79. The van der Waals surface area contributed by atoms with Gasteiger partial charge in [0.25, 0.3) is 0 Å². The molecule has 0 heterocycles. The van der Waals surface area contributed by atoms with Crippen LogP contribution in [0.3, 0.4) is 0 Å². The Bertz CT molecular complexity index is 285. The molecule has 0 aliphatic rings. The van der Waals surface area contributed by atoms with Crippen molar-refractivity contribution in [3.63, 3.8) is 0 Å². The van der Waals surface area contributed by atoms with Crippen LogP contribution in [-0.2, 0) is 0 Å². The number of unbranched alkanes of at least 4 members (excludes halogenated alkanes) is 18. The molecule has 0 rings (SSSR count). The molecule has 0 aromatic rings. The van der Waals surface area contributed by atoms with Gasteiger partial charge in [-0.15, -0.1) is 0 Å². The van der Waals surface area contributed by atoms with Crippen molar-refractivity contribution in [1.82, 2.24) is 5.32 Å². The summed E-state index contributed by atoms with van der Waals surface area (Å²) in [5.74, 6) is 1.19. The van der Waals surface area contributed by atoms with Gasteiger partial charge in [0.15, 0.2) is 0 Å². The van der Waals surface area contributed by atoms with Gasteiger partial charge < -0.3 is 5.32 Å². The van der Waals surface area contributed by atoms with Crippen molar-refractivity contribution in [2.24, 2.45) is 0 Å². The second kappa shape index (κ2) is 29.2. The van der Waals surface area contributed by atoms with Crippen molar-refractivity contribution in [3.05, 3.63) is 0 Å². The van der Waals surface area contributed by atoms with Crippen LogP contribution in [0.15, 0.2) is 0 Å². The molecule has 0 aliphatic carbocycles. The van der Waals surface area contributed by atoms with E-state index >= 15 is 0 Å². The van der Waals surface area contributed by atoms with Crippen LogP contribution in [0.1, 0.15) is 142 Å². The third-order valence-corrected chi connectivity index (χ3v) is 6.93. The van der Waals surface area contributed by atoms with Gasteiger partial charge in [-0.05, 0) is 12.8 Å². The van der Waals surface area contributed by atoms with Gasteiger partial charge >= 0.3 is 29.6 Å². The van der Waals surface area contributed by atoms with E-state index in [0.717, 1.165) is 10.9 Å². The summed E-state index contributed by atoms with van der Waals surface area (Å²) in [6, 6.07) is 0. The monoisotopic (exact) mass is 453 g/mol. The number of thiocarbonyl (C=S) groups is 1. The van der Waals surface area contributed by atoms with Gasteiger partial charge in [-0.3, -0.25) is 0 Å². The maximum absolute atomic E-state index is 5.45. The molecule has 0 aliphatic heterocycles. The minimum atomic E-state index is 0. The Morgan fingerprint density at radius 1 is 0.552 bits per heavy atom. The van der Waals surface area contributed by atoms with E-state index in [-0.39, 0.29) is 29.6 Å². The zero-order valence-electron chi connectivity index (χ0n) is 19.4. The SMILES string of the molecule is CCCCCCCCCCCCNC(=S)SCCCCCCCCCCCC.[NaH]. The summed E-state index contributed by atoms with van der Waals surface area (Å²) in [5, 5.41) is 3.44. The third kappa shape index (κ3) is 29.2. The fourth-order valence-corrected chi connectivity index (χ4v) is 4.70. The summed E-state index contributed by atoms with van der Waals surface area (Å²) in [5.41, 5.74) is 0. The van der Waals surface area contributed by atoms with Crippen molar-refractivity contribution in [3.8, 4) is 0 Å². The molecule has 0 spiro atoms. The van der Waals surface area contributed by atoms with Gasteiger partial charge in [0.1, 0.15) is 4.32 Å². The Balaban J connectivity index is 0. The first kappa shape index (κ1) is 32.4. The fraction of sp³-hybridized carbons (Fsp3) is 0.960. The van der Waals surface area contributed by atoms with Gasteiger partial charge in [0, 0.05) is 12.3 Å². The molecular formula is C25H52NNaS2. The van der Waals surface area contributed by atoms with Crippen molar-refractivity contribution >= 4 is 57.9 Å². The first-order valence-electron chi connectivity index (χ1n) is 12.7. The molecule has 29 heavy (non-hydrogen) atoms. The molecule has 0 unspecified atom stereocenters. The normalized spacial score (nSPS) is 10.7. The molecule has 0 aromatic heterocycles. The average Bonchev–Trinajstić information content (AvgIpc) is 2.70. The summed E-state index contributed by atoms with van der Waals surface area (Å²) >= 11 is 7.30. The van der Waals surface area contributed by atoms with Crippen molar-refractivity contribution < 1.29 is 0 Å². The molecular weight excluding hydrogens is 401 g/mol. The first-order valence-corrected chi connectivity index (χ1v) is 14.1. The van der Waals surface area contributed by atoms with E-state index in [1.807, 2.05) is 11.8 Å². The van der Waals surface area contributed by atoms with Gasteiger partial charge in [0.2, 0.25) is 0 Å². The molecule has 0 saturated heterocycles. The van der Waals surface area contributed by atoms with E-state index in [1.165, 1.54) is 134 Å². The zero-order chi connectivity index (χ0) is 20.5. The van der Waals surface area contributed by atoms with Crippen LogP contribution >= 0.6 is 24.0 Å². The molecule has 0 atom stereocenters. The van der Waals surface area contributed by atoms with E-state index in [9.17, 15) is 0 Å². The third-order valence-electron chi connectivity index (χ3n) is 5.53. The van der Waals surface area contributed by atoms with E-state index in [2.05, 4.69) is 19.2 Å². The van der Waals surface area contributed by atoms with Crippen LogP contribution in [0.25, 0.3) is 0 Å². The number of thioether (sulfide) groups is 1. The Morgan fingerprint density at radius 3 is 1.31 bits per heavy atom. The van der Waals surface area contributed by atoms with Crippen LogP contribution in [-0.4, -0.2) is 46.2 Å². The average molecular weight is 454 g/mol. The Labute approximate surface area is 216 Å². The van der Waals surface area contributed by atoms with Crippen LogP contribution in [0.2, 0.25) is 0 Å². The summed E-state index contributed by atoms with van der Waals surface area (Å²) < 4.78 is 1.02. The van der Waals surface area contributed by atoms with Gasteiger partial charge in [-0.2, -0.15) is 0 Å². The molecule has 1 nitrogen and oxygen atoms in total. The van der Waals surface area contributed by atoms with Crippen LogP contribution in [0, 0.1) is 0 Å². The van der Waals surface area contributed by atoms with E-state index in [4.69, 9.17) is 12.2 Å². The standard InChI is InChI=1S/C25H51NS2.Na.H/c1-3-5-7-9-11-13-15-17-19-21-23-26-25(27)28-24-22-20-18-16-14-12-10-8-6-4-2;;/h3-24H2,1-2H3,(H,26,27);;. The Kier molecular flexibility index (Phi) is 32.7. The minimum absolute atomic E-state index is 0. The second-order valence-electron chi connectivity index (χ2n) is 8.43. The summed E-state index contributed by atoms with van der Waals surface area (Å²) in [6.45, 7) is 5.65. The van der Waals surface area contributed by atoms with Crippen molar-refractivity contribution in [2.75, 3.05) is 12.3 Å². The number of hydrogen-bond donors (Lipinski definition) is 1. The van der Waals surface area contributed by atoms with Crippen molar-refractivity contribution in [2.45, 2.75) is 142 Å². The van der Waals surface area contributed by atoms with Gasteiger partial charge in [0.05, 0.1) is 0 Å². The molecule has 170 valence electrons. The van der Waals surface area contributed by atoms with Gasteiger partial charge in [-0.25, -0.2) is 0 Å². The molecule has 0 radical (unpaired) electrons. The van der Waals surface area contributed by atoms with E-state index in [1.54, 1.807) is 0 Å². The topological polar surface area (TPSA) is 12.0 Å². The Morgan fingerprint density at radius 2 is 0.897 bits per heavy atom. The summed E-state index contributed by atoms with van der Waals surface area (Å²) in [6.07, 6.45) is 28.1. The predicted molar refractivity (Wildman–Crippen MR) is 144 cm³/mol. The van der Waals surface area contributed by atoms with Gasteiger partial charge in [-0.1, -0.05) is 153 Å². The van der Waals surface area contributed by atoms with E-state index in [0.29, 0.717) is 0 Å². The molecule has 0 saturated carbocycles. The molecule has 0 fully saturated rings. The second-order valence-corrected chi connectivity index (χ2v) is 10.2. The maximum atomic E-state index is 5.45. The number of hydrogen-bond acceptors (Lipinski definition) is 2. The summed E-state index contributed by atoms with van der Waals surface area (Å²) in [7, 11) is 0. The molecule has 0 bridgehead atoms. The fourth-order valence-electron chi connectivity index (χ4n) is 3.61. The summed E-state index contributed by atoms with van der Waals surface area (Å²) in [4.78, 5) is 0. The molecule has 1 N–H and O–H groups in total. The zero-order valence-corrected chi connectivity index (χ0v) is 21.0. The molecule has 0 aromatic carbocycles. The number of rotatable bonds is 22. The van der Waals surface area contributed by atoms with E-state index < -0.39 is 0 Å². The van der Waals surface area contributed by atoms with Crippen LogP contribution < -0.4 is 5.32 Å².